The van der Waals surface area contributed by atoms with Crippen molar-refractivity contribution in [3.8, 4) is 6.07 Å². The lowest BCUT2D eigenvalue weighted by Gasteiger charge is -2.44. The summed E-state index contributed by atoms with van der Waals surface area (Å²) in [7, 11) is 0. The lowest BCUT2D eigenvalue weighted by Crippen LogP contribution is -2.42. The highest BCUT2D eigenvalue weighted by Gasteiger charge is 2.44. The van der Waals surface area contributed by atoms with E-state index in [2.05, 4.69) is 6.07 Å². The molecule has 7 heteroatoms. The van der Waals surface area contributed by atoms with Crippen LogP contribution in [0.15, 0.2) is 71.2 Å². The van der Waals surface area contributed by atoms with Crippen LogP contribution in [-0.4, -0.2) is 10.7 Å². The lowest BCUT2D eigenvalue weighted by atomic mass is 9.68. The van der Waals surface area contributed by atoms with Crippen LogP contribution in [0, 0.1) is 33.8 Å². The highest BCUT2D eigenvalue weighted by Crippen LogP contribution is 2.50. The zero-order valence-corrected chi connectivity index (χ0v) is 18.3. The molecular formula is C25H24N4O3. The van der Waals surface area contributed by atoms with Crippen molar-refractivity contribution < 1.29 is 9.72 Å². The second kappa shape index (κ2) is 7.65. The Morgan fingerprint density at radius 3 is 2.41 bits per heavy atom. The molecule has 0 bridgehead atoms. The van der Waals surface area contributed by atoms with Crippen molar-refractivity contribution in [1.29, 1.82) is 5.26 Å². The van der Waals surface area contributed by atoms with Crippen molar-refractivity contribution in [2.45, 2.75) is 39.5 Å². The number of Topliss-reactive ketones (excluding diaryl/α,β-unsaturated/α-hetero) is 1. The van der Waals surface area contributed by atoms with Crippen LogP contribution in [0.2, 0.25) is 0 Å². The number of allylic oxidation sites excluding steroid dienone is 3. The van der Waals surface area contributed by atoms with Crippen molar-refractivity contribution in [3.63, 3.8) is 0 Å². The zero-order valence-electron chi connectivity index (χ0n) is 18.3. The number of anilines is 1. The van der Waals surface area contributed by atoms with Gasteiger partial charge in [-0.2, -0.15) is 5.26 Å². The number of nitro benzene ring substituents is 1. The summed E-state index contributed by atoms with van der Waals surface area (Å²) in [6.45, 7) is 6.06. The number of para-hydroxylation sites is 1. The zero-order chi connectivity index (χ0) is 23.2. The molecule has 1 atom stereocenters. The molecule has 4 rings (SSSR count). The van der Waals surface area contributed by atoms with Gasteiger partial charge >= 0.3 is 0 Å². The first kappa shape index (κ1) is 21.3. The fourth-order valence-corrected chi connectivity index (χ4v) is 4.72. The third-order valence-electron chi connectivity index (χ3n) is 6.17. The molecule has 0 saturated carbocycles. The maximum absolute atomic E-state index is 13.5. The van der Waals surface area contributed by atoms with E-state index in [1.54, 1.807) is 12.1 Å². The van der Waals surface area contributed by atoms with Gasteiger partial charge < -0.3 is 5.73 Å². The van der Waals surface area contributed by atoms with E-state index in [4.69, 9.17) is 5.73 Å². The molecule has 2 aromatic carbocycles. The van der Waals surface area contributed by atoms with Crippen molar-refractivity contribution >= 4 is 17.2 Å². The third kappa shape index (κ3) is 3.44. The van der Waals surface area contributed by atoms with E-state index in [0.29, 0.717) is 24.0 Å². The summed E-state index contributed by atoms with van der Waals surface area (Å²) >= 11 is 0. The normalized spacial score (nSPS) is 20.1. The summed E-state index contributed by atoms with van der Waals surface area (Å²) < 4.78 is 0. The van der Waals surface area contributed by atoms with Gasteiger partial charge in [-0.1, -0.05) is 44.2 Å². The second-order valence-electron chi connectivity index (χ2n) is 9.12. The van der Waals surface area contributed by atoms with Crippen LogP contribution < -0.4 is 10.6 Å². The van der Waals surface area contributed by atoms with Crippen molar-refractivity contribution in [2.75, 3.05) is 4.90 Å². The average molecular weight is 428 g/mol. The Morgan fingerprint density at radius 2 is 1.81 bits per heavy atom. The van der Waals surface area contributed by atoms with Crippen molar-refractivity contribution in [1.82, 2.24) is 0 Å². The standard InChI is InChI=1S/C25H24N4O3/c1-15-6-4-5-7-19(15)28-20-12-25(2,3)13-21(30)23(20)22(18(14-26)24(28)27)16-8-10-17(11-9-16)29(31)32/h4-11,22H,12-13,27H2,1-3H3. The molecule has 1 aliphatic carbocycles. The van der Waals surface area contributed by atoms with Crippen LogP contribution in [0.3, 0.4) is 0 Å². The molecule has 0 amide bonds. The van der Waals surface area contributed by atoms with Crippen LogP contribution in [-0.2, 0) is 4.79 Å². The molecule has 1 unspecified atom stereocenters. The number of non-ortho nitro benzene ring substituents is 1. The Kier molecular flexibility index (Phi) is 5.09. The molecule has 1 aliphatic heterocycles. The maximum atomic E-state index is 13.5. The number of benzene rings is 2. The molecule has 0 radical (unpaired) electrons. The minimum atomic E-state index is -0.653. The predicted molar refractivity (Wildman–Crippen MR) is 121 cm³/mol. The SMILES string of the molecule is Cc1ccccc1N1C(N)=C(C#N)C(c2ccc([N+](=O)[O-])cc2)C2=C1CC(C)(C)CC2=O. The fourth-order valence-electron chi connectivity index (χ4n) is 4.72. The summed E-state index contributed by atoms with van der Waals surface area (Å²) in [5, 5.41) is 21.2. The van der Waals surface area contributed by atoms with Gasteiger partial charge in [-0.3, -0.25) is 19.8 Å². The van der Waals surface area contributed by atoms with E-state index in [0.717, 1.165) is 16.9 Å². The van der Waals surface area contributed by atoms with Crippen LogP contribution in [0.1, 0.15) is 43.7 Å². The molecule has 2 N–H and O–H groups in total. The molecule has 0 aromatic heterocycles. The lowest BCUT2D eigenvalue weighted by molar-refractivity contribution is -0.384. The smallest absolute Gasteiger partial charge is 0.269 e. The van der Waals surface area contributed by atoms with Crippen LogP contribution >= 0.6 is 0 Å². The number of hydrogen-bond acceptors (Lipinski definition) is 6. The third-order valence-corrected chi connectivity index (χ3v) is 6.17. The minimum Gasteiger partial charge on any atom is -0.384 e. The number of nitrogens with two attached hydrogens (primary N) is 1. The van der Waals surface area contributed by atoms with Gasteiger partial charge in [0.25, 0.3) is 5.69 Å². The molecule has 2 aliphatic rings. The Hall–Kier alpha value is -3.92. The van der Waals surface area contributed by atoms with Gasteiger partial charge in [-0.25, -0.2) is 0 Å². The van der Waals surface area contributed by atoms with Gasteiger partial charge in [0, 0.05) is 29.8 Å². The van der Waals surface area contributed by atoms with Crippen LogP contribution in [0.5, 0.6) is 0 Å². The first-order valence-corrected chi connectivity index (χ1v) is 10.4. The summed E-state index contributed by atoms with van der Waals surface area (Å²) in [4.78, 5) is 25.9. The number of nitro groups is 1. The number of carbonyl (C=O) groups is 1. The Bertz CT molecular complexity index is 1230. The number of carbonyl (C=O) groups excluding carboxylic acids is 1. The number of aryl methyl sites for hydroxylation is 1. The van der Waals surface area contributed by atoms with E-state index in [-0.39, 0.29) is 28.3 Å². The second-order valence-corrected chi connectivity index (χ2v) is 9.12. The quantitative estimate of drug-likeness (QED) is 0.552. The van der Waals surface area contributed by atoms with E-state index < -0.39 is 10.8 Å². The summed E-state index contributed by atoms with van der Waals surface area (Å²) in [5.41, 5.74) is 10.4. The molecule has 7 nitrogen and oxygen atoms in total. The van der Waals surface area contributed by atoms with Gasteiger partial charge in [0.2, 0.25) is 0 Å². The summed E-state index contributed by atoms with van der Waals surface area (Å²) in [5.74, 6) is -0.396. The number of nitriles is 1. The molecule has 162 valence electrons. The molecular weight excluding hydrogens is 404 g/mol. The molecule has 0 fully saturated rings. The molecule has 0 saturated heterocycles. The molecule has 0 spiro atoms. The highest BCUT2D eigenvalue weighted by molar-refractivity contribution is 6.01. The minimum absolute atomic E-state index is 0.0292. The van der Waals surface area contributed by atoms with Gasteiger partial charge in [0.1, 0.15) is 5.82 Å². The van der Waals surface area contributed by atoms with Crippen LogP contribution in [0.4, 0.5) is 11.4 Å². The number of nitrogens with zero attached hydrogens (tertiary/aromatic N) is 3. The van der Waals surface area contributed by atoms with E-state index in [1.807, 2.05) is 49.9 Å². The van der Waals surface area contributed by atoms with Crippen LogP contribution in [0.25, 0.3) is 0 Å². The summed E-state index contributed by atoms with van der Waals surface area (Å²) in [6.07, 6.45) is 0.973. The van der Waals surface area contributed by atoms with E-state index in [1.165, 1.54) is 12.1 Å². The van der Waals surface area contributed by atoms with Gasteiger partial charge in [0.15, 0.2) is 5.78 Å². The summed E-state index contributed by atoms with van der Waals surface area (Å²) in [6, 6.07) is 16.0. The maximum Gasteiger partial charge on any atom is 0.269 e. The first-order valence-electron chi connectivity index (χ1n) is 10.4. The molecule has 1 heterocycles. The van der Waals surface area contributed by atoms with Gasteiger partial charge in [0.05, 0.1) is 28.2 Å². The number of hydrogen-bond donors (Lipinski definition) is 1. The monoisotopic (exact) mass is 428 g/mol. The van der Waals surface area contributed by atoms with Gasteiger partial charge in [-0.05, 0) is 36.0 Å². The van der Waals surface area contributed by atoms with Crippen molar-refractivity contribution in [3.05, 3.63) is 92.4 Å². The van der Waals surface area contributed by atoms with Gasteiger partial charge in [-0.15, -0.1) is 0 Å². The van der Waals surface area contributed by atoms with Crippen molar-refractivity contribution in [2.24, 2.45) is 11.1 Å². The highest BCUT2D eigenvalue weighted by atomic mass is 16.6. The largest absolute Gasteiger partial charge is 0.384 e. The molecule has 32 heavy (non-hydrogen) atoms. The van der Waals surface area contributed by atoms with E-state index >= 15 is 0 Å². The Balaban J connectivity index is 1.98. The average Bonchev–Trinajstić information content (AvgIpc) is 2.73. The topological polar surface area (TPSA) is 113 Å². The first-order chi connectivity index (χ1) is 15.1. The number of ketones is 1. The Labute approximate surface area is 186 Å². The Morgan fingerprint density at radius 1 is 1.16 bits per heavy atom. The predicted octanol–water partition coefficient (Wildman–Crippen LogP) is 4.84. The van der Waals surface area contributed by atoms with E-state index in [9.17, 15) is 20.2 Å². The number of rotatable bonds is 3. The molecule has 2 aromatic rings. The fraction of sp³-hybridized carbons (Fsp3) is 0.280.